The fraction of sp³-hybridized carbons (Fsp3) is 0.118. The van der Waals surface area contributed by atoms with Gasteiger partial charge in [0.05, 0.1) is 16.8 Å². The molecule has 0 saturated heterocycles. The number of hydrogen-bond acceptors (Lipinski definition) is 2. The molecule has 3 aromatic rings. The van der Waals surface area contributed by atoms with Crippen LogP contribution in [0.4, 0.5) is 5.69 Å². The lowest BCUT2D eigenvalue weighted by atomic mass is 10.1. The van der Waals surface area contributed by atoms with Crippen LogP contribution in [0.2, 0.25) is 5.02 Å². The van der Waals surface area contributed by atoms with E-state index in [9.17, 15) is 5.11 Å². The monoisotopic (exact) mass is 298 g/mol. The van der Waals surface area contributed by atoms with Crippen LogP contribution in [0.5, 0.6) is 5.88 Å². The topological polar surface area (TPSA) is 48.4 Å². The molecule has 1 heterocycles. The molecule has 0 fully saturated rings. The van der Waals surface area contributed by atoms with Crippen LogP contribution in [-0.2, 0) is 6.42 Å². The summed E-state index contributed by atoms with van der Waals surface area (Å²) in [7, 11) is 0. The van der Waals surface area contributed by atoms with E-state index in [0.717, 1.165) is 23.0 Å². The lowest BCUT2D eigenvalue weighted by Crippen LogP contribution is -1.80. The van der Waals surface area contributed by atoms with E-state index in [1.807, 2.05) is 18.2 Å². The first-order valence-corrected chi connectivity index (χ1v) is 7.18. The highest BCUT2D eigenvalue weighted by atomic mass is 35.5. The van der Waals surface area contributed by atoms with E-state index in [4.69, 9.17) is 11.6 Å². The molecule has 0 unspecified atom stereocenters. The summed E-state index contributed by atoms with van der Waals surface area (Å²) in [5.41, 5.74) is 3.59. The number of nitrogens with zero attached hydrogens (tertiary/aromatic N) is 1. The van der Waals surface area contributed by atoms with E-state index in [0.29, 0.717) is 10.6 Å². The van der Waals surface area contributed by atoms with E-state index >= 15 is 0 Å². The third-order valence-corrected chi connectivity index (χ3v) is 3.70. The average molecular weight is 299 g/mol. The Morgan fingerprint density at radius 3 is 2.67 bits per heavy atom. The van der Waals surface area contributed by atoms with Crippen molar-refractivity contribution in [1.82, 2.24) is 4.98 Å². The number of aliphatic imine (C=N–C) groups is 1. The molecule has 0 amide bonds. The number of H-pyrrole nitrogens is 1. The molecule has 2 aromatic carbocycles. The number of halogens is 1. The predicted octanol–water partition coefficient (Wildman–Crippen LogP) is 4.84. The second kappa shape index (κ2) is 5.62. The summed E-state index contributed by atoms with van der Waals surface area (Å²) in [6.45, 7) is 2.12. The minimum atomic E-state index is 0.0983. The average Bonchev–Trinajstić information content (AvgIpc) is 2.80. The van der Waals surface area contributed by atoms with Crippen LogP contribution in [0.15, 0.2) is 47.5 Å². The summed E-state index contributed by atoms with van der Waals surface area (Å²) in [6.07, 6.45) is 2.68. The highest BCUT2D eigenvalue weighted by Crippen LogP contribution is 2.28. The van der Waals surface area contributed by atoms with Crippen molar-refractivity contribution < 1.29 is 5.11 Å². The first kappa shape index (κ1) is 13.7. The van der Waals surface area contributed by atoms with Gasteiger partial charge in [0, 0.05) is 16.6 Å². The van der Waals surface area contributed by atoms with Crippen LogP contribution in [-0.4, -0.2) is 16.3 Å². The quantitative estimate of drug-likeness (QED) is 0.668. The highest BCUT2D eigenvalue weighted by Gasteiger charge is 2.08. The van der Waals surface area contributed by atoms with E-state index in [2.05, 4.69) is 29.0 Å². The lowest BCUT2D eigenvalue weighted by molar-refractivity contribution is 0.457. The van der Waals surface area contributed by atoms with Crippen molar-refractivity contribution >= 4 is 34.4 Å². The number of aromatic hydroxyl groups is 1. The van der Waals surface area contributed by atoms with Crippen molar-refractivity contribution in [3.05, 3.63) is 58.6 Å². The predicted molar refractivity (Wildman–Crippen MR) is 88.0 cm³/mol. The molecule has 3 nitrogen and oxygen atoms in total. The minimum absolute atomic E-state index is 0.0983. The molecule has 2 N–H and O–H groups in total. The van der Waals surface area contributed by atoms with E-state index < -0.39 is 0 Å². The van der Waals surface area contributed by atoms with Gasteiger partial charge in [-0.15, -0.1) is 0 Å². The molecule has 3 rings (SSSR count). The molecule has 0 spiro atoms. The van der Waals surface area contributed by atoms with Gasteiger partial charge in [-0.1, -0.05) is 36.7 Å². The Kier molecular flexibility index (Phi) is 3.67. The van der Waals surface area contributed by atoms with Gasteiger partial charge in [0.2, 0.25) is 0 Å². The summed E-state index contributed by atoms with van der Waals surface area (Å²) >= 11 is 5.95. The van der Waals surface area contributed by atoms with Gasteiger partial charge in [-0.25, -0.2) is 0 Å². The van der Waals surface area contributed by atoms with Gasteiger partial charge in [-0.2, -0.15) is 0 Å². The third kappa shape index (κ3) is 2.78. The van der Waals surface area contributed by atoms with Gasteiger partial charge < -0.3 is 10.1 Å². The molecule has 0 aliphatic heterocycles. The fourth-order valence-corrected chi connectivity index (χ4v) is 2.44. The van der Waals surface area contributed by atoms with Gasteiger partial charge in [0.25, 0.3) is 0 Å². The van der Waals surface area contributed by atoms with Crippen molar-refractivity contribution in [2.75, 3.05) is 0 Å². The van der Waals surface area contributed by atoms with Gasteiger partial charge >= 0.3 is 0 Å². The Labute approximate surface area is 127 Å². The molecule has 1 aromatic heterocycles. The second-order valence-corrected chi connectivity index (χ2v) is 5.29. The van der Waals surface area contributed by atoms with Crippen molar-refractivity contribution in [3.8, 4) is 5.88 Å². The van der Waals surface area contributed by atoms with Gasteiger partial charge in [0.1, 0.15) is 0 Å². The van der Waals surface area contributed by atoms with Crippen LogP contribution in [0.1, 0.15) is 18.1 Å². The van der Waals surface area contributed by atoms with Crippen molar-refractivity contribution in [2.45, 2.75) is 13.3 Å². The molecule has 0 bridgehead atoms. The summed E-state index contributed by atoms with van der Waals surface area (Å²) < 4.78 is 0. The summed E-state index contributed by atoms with van der Waals surface area (Å²) in [5, 5.41) is 11.5. The van der Waals surface area contributed by atoms with Gasteiger partial charge in [0.15, 0.2) is 5.88 Å². The molecule has 0 saturated carbocycles. The van der Waals surface area contributed by atoms with E-state index in [1.165, 1.54) is 5.56 Å². The molecule has 4 heteroatoms. The van der Waals surface area contributed by atoms with E-state index in [1.54, 1.807) is 18.3 Å². The molecule has 0 aliphatic rings. The Hall–Kier alpha value is -2.26. The van der Waals surface area contributed by atoms with Crippen LogP contribution in [0.25, 0.3) is 10.9 Å². The molecular weight excluding hydrogens is 284 g/mol. The number of aromatic nitrogens is 1. The normalized spacial score (nSPS) is 11.5. The summed E-state index contributed by atoms with van der Waals surface area (Å²) in [6, 6.07) is 13.5. The first-order valence-electron chi connectivity index (χ1n) is 6.80. The highest BCUT2D eigenvalue weighted by molar-refractivity contribution is 6.31. The van der Waals surface area contributed by atoms with Crippen molar-refractivity contribution in [3.63, 3.8) is 0 Å². The van der Waals surface area contributed by atoms with Crippen molar-refractivity contribution in [1.29, 1.82) is 0 Å². The Morgan fingerprint density at radius 2 is 1.95 bits per heavy atom. The maximum atomic E-state index is 10.00. The zero-order chi connectivity index (χ0) is 14.8. The zero-order valence-electron chi connectivity index (χ0n) is 11.6. The van der Waals surface area contributed by atoms with Gasteiger partial charge in [-0.3, -0.25) is 4.99 Å². The fourth-order valence-electron chi connectivity index (χ4n) is 2.26. The molecule has 106 valence electrons. The number of hydrogen-bond donors (Lipinski definition) is 2. The maximum absolute atomic E-state index is 10.00. The number of fused-ring (bicyclic) bond motifs is 1. The number of benzene rings is 2. The second-order valence-electron chi connectivity index (χ2n) is 4.86. The van der Waals surface area contributed by atoms with Crippen LogP contribution in [0, 0.1) is 0 Å². The number of aromatic amines is 1. The van der Waals surface area contributed by atoms with Crippen LogP contribution >= 0.6 is 11.6 Å². The molecular formula is C17H15ClN2O. The standard InChI is InChI=1S/C17H15ClN2O/c1-2-11-3-6-13(7-4-11)19-10-15-14-8-5-12(18)9-16(14)20-17(15)21/h3-10,20-21H,2H2,1H3. The molecule has 0 aliphatic carbocycles. The Bertz CT molecular complexity index is 804. The summed E-state index contributed by atoms with van der Waals surface area (Å²) in [5.74, 6) is 0.0983. The minimum Gasteiger partial charge on any atom is -0.494 e. The van der Waals surface area contributed by atoms with Crippen molar-refractivity contribution in [2.24, 2.45) is 4.99 Å². The largest absolute Gasteiger partial charge is 0.494 e. The van der Waals surface area contributed by atoms with Gasteiger partial charge in [-0.05, 0) is 36.2 Å². The maximum Gasteiger partial charge on any atom is 0.198 e. The number of aryl methyl sites for hydroxylation is 1. The SMILES string of the molecule is CCc1ccc(N=Cc2c(O)[nH]c3cc(Cl)ccc23)cc1. The van der Waals surface area contributed by atoms with E-state index in [-0.39, 0.29) is 5.88 Å². The Morgan fingerprint density at radius 1 is 1.19 bits per heavy atom. The van der Waals surface area contributed by atoms with Crippen LogP contribution in [0.3, 0.4) is 0 Å². The smallest absolute Gasteiger partial charge is 0.198 e. The third-order valence-electron chi connectivity index (χ3n) is 3.47. The molecule has 21 heavy (non-hydrogen) atoms. The first-order chi connectivity index (χ1) is 10.2. The van der Waals surface area contributed by atoms with Crippen LogP contribution < -0.4 is 0 Å². The molecule has 0 radical (unpaired) electrons. The zero-order valence-corrected chi connectivity index (χ0v) is 12.4. The Balaban J connectivity index is 1.96. The number of rotatable bonds is 3. The lowest BCUT2D eigenvalue weighted by Gasteiger charge is -1.97. The molecule has 0 atom stereocenters. The number of nitrogens with one attached hydrogen (secondary N) is 1. The summed E-state index contributed by atoms with van der Waals surface area (Å²) in [4.78, 5) is 7.32.